The van der Waals surface area contributed by atoms with Gasteiger partial charge in [-0.05, 0) is 30.9 Å². The van der Waals surface area contributed by atoms with Gasteiger partial charge in [0, 0.05) is 35.2 Å². The molecule has 20 heavy (non-hydrogen) atoms. The SMILES string of the molecule is CCOCCCC(=O)Nc1ccc(Br)c2ccccc12. The molecule has 2 aromatic carbocycles. The fraction of sp³-hybridized carbons (Fsp3) is 0.312. The molecule has 0 saturated heterocycles. The van der Waals surface area contributed by atoms with E-state index in [1.807, 2.05) is 43.3 Å². The quantitative estimate of drug-likeness (QED) is 0.796. The van der Waals surface area contributed by atoms with Crippen molar-refractivity contribution in [1.29, 1.82) is 0 Å². The number of ether oxygens (including phenoxy) is 1. The van der Waals surface area contributed by atoms with Gasteiger partial charge in [0.1, 0.15) is 0 Å². The zero-order chi connectivity index (χ0) is 14.4. The van der Waals surface area contributed by atoms with Crippen molar-refractivity contribution in [3.05, 3.63) is 40.9 Å². The molecule has 0 aliphatic rings. The van der Waals surface area contributed by atoms with Crippen LogP contribution >= 0.6 is 15.9 Å². The Balaban J connectivity index is 2.06. The van der Waals surface area contributed by atoms with Crippen molar-refractivity contribution in [3.63, 3.8) is 0 Å². The van der Waals surface area contributed by atoms with Crippen molar-refractivity contribution in [2.24, 2.45) is 0 Å². The summed E-state index contributed by atoms with van der Waals surface area (Å²) in [7, 11) is 0. The van der Waals surface area contributed by atoms with E-state index >= 15 is 0 Å². The van der Waals surface area contributed by atoms with Crippen LogP contribution in [0.1, 0.15) is 19.8 Å². The van der Waals surface area contributed by atoms with Gasteiger partial charge >= 0.3 is 0 Å². The van der Waals surface area contributed by atoms with Gasteiger partial charge < -0.3 is 10.1 Å². The van der Waals surface area contributed by atoms with E-state index in [2.05, 4.69) is 21.2 Å². The molecular formula is C16H18BrNO2. The molecule has 106 valence electrons. The van der Waals surface area contributed by atoms with Crippen LogP contribution in [0.2, 0.25) is 0 Å². The molecule has 0 aliphatic heterocycles. The minimum atomic E-state index is 0.0252. The molecule has 0 radical (unpaired) electrons. The summed E-state index contributed by atoms with van der Waals surface area (Å²) >= 11 is 3.53. The molecule has 1 amide bonds. The van der Waals surface area contributed by atoms with Gasteiger partial charge in [0.05, 0.1) is 0 Å². The summed E-state index contributed by atoms with van der Waals surface area (Å²) in [6, 6.07) is 11.9. The highest BCUT2D eigenvalue weighted by atomic mass is 79.9. The standard InChI is InChI=1S/C16H18BrNO2/c1-2-20-11-5-8-16(19)18-15-10-9-14(17)12-6-3-4-7-13(12)15/h3-4,6-7,9-10H,2,5,8,11H2,1H3,(H,18,19). The smallest absolute Gasteiger partial charge is 0.224 e. The van der Waals surface area contributed by atoms with E-state index < -0.39 is 0 Å². The molecule has 0 heterocycles. The highest BCUT2D eigenvalue weighted by Crippen LogP contribution is 2.29. The molecule has 2 aromatic rings. The number of rotatable bonds is 6. The average Bonchev–Trinajstić information content (AvgIpc) is 2.47. The van der Waals surface area contributed by atoms with Crippen LogP contribution in [0.5, 0.6) is 0 Å². The van der Waals surface area contributed by atoms with E-state index in [4.69, 9.17) is 4.74 Å². The van der Waals surface area contributed by atoms with E-state index in [0.717, 1.165) is 27.4 Å². The van der Waals surface area contributed by atoms with Crippen molar-refractivity contribution < 1.29 is 9.53 Å². The highest BCUT2D eigenvalue weighted by molar-refractivity contribution is 9.10. The van der Waals surface area contributed by atoms with Gasteiger partial charge in [-0.1, -0.05) is 40.2 Å². The molecule has 0 saturated carbocycles. The third-order valence-electron chi connectivity index (χ3n) is 3.04. The molecule has 0 fully saturated rings. The second-order valence-corrected chi connectivity index (χ2v) is 5.34. The predicted molar refractivity (Wildman–Crippen MR) is 86.0 cm³/mol. The maximum absolute atomic E-state index is 11.9. The van der Waals surface area contributed by atoms with Crippen LogP contribution in [0.25, 0.3) is 10.8 Å². The zero-order valence-electron chi connectivity index (χ0n) is 11.5. The number of fused-ring (bicyclic) bond motifs is 1. The van der Waals surface area contributed by atoms with Crippen molar-refractivity contribution in [3.8, 4) is 0 Å². The first-order valence-electron chi connectivity index (χ1n) is 6.77. The Morgan fingerprint density at radius 2 is 1.95 bits per heavy atom. The van der Waals surface area contributed by atoms with Gasteiger partial charge in [-0.15, -0.1) is 0 Å². The average molecular weight is 336 g/mol. The molecular weight excluding hydrogens is 318 g/mol. The highest BCUT2D eigenvalue weighted by Gasteiger charge is 2.07. The van der Waals surface area contributed by atoms with Gasteiger partial charge in [-0.25, -0.2) is 0 Å². The number of carbonyl (C=O) groups is 1. The molecule has 0 bridgehead atoms. The molecule has 0 aliphatic carbocycles. The summed E-state index contributed by atoms with van der Waals surface area (Å²) in [5, 5.41) is 5.11. The zero-order valence-corrected chi connectivity index (χ0v) is 13.1. The Hall–Kier alpha value is -1.39. The van der Waals surface area contributed by atoms with E-state index in [9.17, 15) is 4.79 Å². The molecule has 0 aromatic heterocycles. The summed E-state index contributed by atoms with van der Waals surface area (Å²) in [6.45, 7) is 3.28. The first-order valence-corrected chi connectivity index (χ1v) is 7.56. The molecule has 1 N–H and O–H groups in total. The van der Waals surface area contributed by atoms with Gasteiger partial charge in [-0.2, -0.15) is 0 Å². The van der Waals surface area contributed by atoms with Crippen LogP contribution < -0.4 is 5.32 Å². The third-order valence-corrected chi connectivity index (χ3v) is 3.73. The Kier molecular flexibility index (Phi) is 5.56. The van der Waals surface area contributed by atoms with E-state index in [-0.39, 0.29) is 5.91 Å². The lowest BCUT2D eigenvalue weighted by Crippen LogP contribution is -2.12. The topological polar surface area (TPSA) is 38.3 Å². The number of benzene rings is 2. The normalized spacial score (nSPS) is 10.7. The lowest BCUT2D eigenvalue weighted by Gasteiger charge is -2.10. The summed E-state index contributed by atoms with van der Waals surface area (Å²) in [6.07, 6.45) is 1.22. The fourth-order valence-electron chi connectivity index (χ4n) is 2.06. The number of nitrogens with one attached hydrogen (secondary N) is 1. The Morgan fingerprint density at radius 3 is 2.70 bits per heavy atom. The minimum Gasteiger partial charge on any atom is -0.382 e. The minimum absolute atomic E-state index is 0.0252. The van der Waals surface area contributed by atoms with Crippen molar-refractivity contribution in [1.82, 2.24) is 0 Å². The van der Waals surface area contributed by atoms with Gasteiger partial charge in [-0.3, -0.25) is 4.79 Å². The lowest BCUT2D eigenvalue weighted by molar-refractivity contribution is -0.116. The number of anilines is 1. The maximum atomic E-state index is 11.9. The number of amides is 1. The second kappa shape index (κ2) is 7.41. The van der Waals surface area contributed by atoms with Crippen LogP contribution in [0, 0.1) is 0 Å². The number of carbonyl (C=O) groups excluding carboxylic acids is 1. The largest absolute Gasteiger partial charge is 0.382 e. The third kappa shape index (κ3) is 3.81. The van der Waals surface area contributed by atoms with E-state index in [1.54, 1.807) is 0 Å². The van der Waals surface area contributed by atoms with E-state index in [0.29, 0.717) is 19.6 Å². The lowest BCUT2D eigenvalue weighted by atomic mass is 10.1. The van der Waals surface area contributed by atoms with Crippen molar-refractivity contribution >= 4 is 38.3 Å². The van der Waals surface area contributed by atoms with Crippen molar-refractivity contribution in [2.45, 2.75) is 19.8 Å². The molecule has 0 spiro atoms. The number of hydrogen-bond acceptors (Lipinski definition) is 2. The van der Waals surface area contributed by atoms with Crippen LogP contribution in [0.3, 0.4) is 0 Å². The summed E-state index contributed by atoms with van der Waals surface area (Å²) in [5.74, 6) is 0.0252. The number of halogens is 1. The van der Waals surface area contributed by atoms with Crippen LogP contribution in [0.15, 0.2) is 40.9 Å². The maximum Gasteiger partial charge on any atom is 0.224 e. The summed E-state index contributed by atoms with van der Waals surface area (Å²) in [5.41, 5.74) is 0.852. The first-order chi connectivity index (χ1) is 9.72. The Morgan fingerprint density at radius 1 is 1.20 bits per heavy atom. The molecule has 0 atom stereocenters. The summed E-state index contributed by atoms with van der Waals surface area (Å²) < 4.78 is 6.26. The molecule has 0 unspecified atom stereocenters. The molecule has 4 heteroatoms. The monoisotopic (exact) mass is 335 g/mol. The number of hydrogen-bond donors (Lipinski definition) is 1. The fourth-order valence-corrected chi connectivity index (χ4v) is 2.54. The predicted octanol–water partition coefficient (Wildman–Crippen LogP) is 4.36. The van der Waals surface area contributed by atoms with Crippen LogP contribution in [0.4, 0.5) is 5.69 Å². The van der Waals surface area contributed by atoms with Gasteiger partial charge in [0.15, 0.2) is 0 Å². The van der Waals surface area contributed by atoms with Gasteiger partial charge in [0.25, 0.3) is 0 Å². The Labute approximate surface area is 127 Å². The summed E-state index contributed by atoms with van der Waals surface area (Å²) in [4.78, 5) is 11.9. The van der Waals surface area contributed by atoms with Crippen molar-refractivity contribution in [2.75, 3.05) is 18.5 Å². The van der Waals surface area contributed by atoms with Crippen LogP contribution in [-0.2, 0) is 9.53 Å². The molecule has 2 rings (SSSR count). The van der Waals surface area contributed by atoms with Gasteiger partial charge in [0.2, 0.25) is 5.91 Å². The van der Waals surface area contributed by atoms with Crippen LogP contribution in [-0.4, -0.2) is 19.1 Å². The second-order valence-electron chi connectivity index (χ2n) is 4.49. The Bertz CT molecular complexity index is 598. The van der Waals surface area contributed by atoms with E-state index in [1.165, 1.54) is 0 Å². The first kappa shape index (κ1) is 15.0. The molecule has 3 nitrogen and oxygen atoms in total.